The molecular weight excluding hydrogens is 464 g/mol. The molecule has 5 rings (SSSR count). The number of ketones is 1. The fraction of sp³-hybridized carbons (Fsp3) is 0.290. The van der Waals surface area contributed by atoms with Crippen LogP contribution in [-0.2, 0) is 29.0 Å². The van der Waals surface area contributed by atoms with Gasteiger partial charge in [-0.2, -0.15) is 0 Å². The number of anilines is 1. The molecule has 6 heteroatoms. The number of carbonyl (C=O) groups is 2. The number of aliphatic hydroxyl groups excluding tert-OH is 1. The zero-order chi connectivity index (χ0) is 26.1. The number of aryl methyl sites for hydroxylation is 2. The zero-order valence-electron chi connectivity index (χ0n) is 21.5. The number of rotatable bonds is 6. The molecule has 1 unspecified atom stereocenters. The molecule has 1 fully saturated rings. The number of ether oxygens (including phenoxy) is 1. The van der Waals surface area contributed by atoms with Crippen LogP contribution in [0.3, 0.4) is 0 Å². The summed E-state index contributed by atoms with van der Waals surface area (Å²) in [7, 11) is 5.52. The van der Waals surface area contributed by atoms with E-state index in [1.165, 1.54) is 11.1 Å². The number of amides is 1. The van der Waals surface area contributed by atoms with E-state index in [-0.39, 0.29) is 17.9 Å². The second-order valence-electron chi connectivity index (χ2n) is 9.95. The second-order valence-corrected chi connectivity index (χ2v) is 9.95. The van der Waals surface area contributed by atoms with E-state index in [1.807, 2.05) is 85.7 Å². The minimum absolute atomic E-state index is 0.120. The van der Waals surface area contributed by atoms with E-state index >= 15 is 0 Å². The van der Waals surface area contributed by atoms with Crippen LogP contribution < -0.4 is 9.64 Å². The van der Waals surface area contributed by atoms with Crippen LogP contribution in [-0.4, -0.2) is 42.9 Å². The summed E-state index contributed by atoms with van der Waals surface area (Å²) in [5.74, 6) is -0.679. The maximum absolute atomic E-state index is 13.4. The van der Waals surface area contributed by atoms with Gasteiger partial charge in [0.2, 0.25) is 0 Å². The van der Waals surface area contributed by atoms with Crippen LogP contribution in [0.4, 0.5) is 5.69 Å². The van der Waals surface area contributed by atoms with E-state index in [4.69, 9.17) is 4.74 Å². The molecule has 1 aliphatic carbocycles. The molecule has 0 saturated carbocycles. The third-order valence-corrected chi connectivity index (χ3v) is 7.40. The first-order chi connectivity index (χ1) is 17.9. The van der Waals surface area contributed by atoms with Crippen molar-refractivity contribution in [3.8, 4) is 5.75 Å². The summed E-state index contributed by atoms with van der Waals surface area (Å²) in [5, 5.41) is 11.5. The molecule has 6 nitrogen and oxygen atoms in total. The largest absolute Gasteiger partial charge is 0.507 e. The van der Waals surface area contributed by atoms with Gasteiger partial charge in [-0.15, -0.1) is 0 Å². The van der Waals surface area contributed by atoms with Crippen LogP contribution in [0.15, 0.2) is 72.3 Å². The molecule has 3 aromatic carbocycles. The Morgan fingerprint density at radius 2 is 1.62 bits per heavy atom. The topological polar surface area (TPSA) is 70.1 Å². The highest BCUT2D eigenvalue weighted by molar-refractivity contribution is 6.46. The Morgan fingerprint density at radius 1 is 0.946 bits per heavy atom. The highest BCUT2D eigenvalue weighted by atomic mass is 16.5. The minimum atomic E-state index is -0.700. The number of Topliss-reactive ketones (excluding diaryl/α,β-unsaturated/α-hetero) is 1. The third-order valence-electron chi connectivity index (χ3n) is 7.40. The number of aliphatic hydroxyl groups is 1. The minimum Gasteiger partial charge on any atom is -0.507 e. The van der Waals surface area contributed by atoms with E-state index in [1.54, 1.807) is 12.0 Å². The molecule has 0 spiro atoms. The number of likely N-dealkylation sites (tertiary alicyclic amines) is 1. The molecule has 2 aliphatic rings. The summed E-state index contributed by atoms with van der Waals surface area (Å²) in [6, 6.07) is 20.4. The number of fused-ring (bicyclic) bond motifs is 1. The summed E-state index contributed by atoms with van der Waals surface area (Å²) >= 11 is 0. The Kier molecular flexibility index (Phi) is 6.74. The van der Waals surface area contributed by atoms with E-state index in [0.717, 1.165) is 42.5 Å². The van der Waals surface area contributed by atoms with E-state index in [0.29, 0.717) is 11.3 Å². The lowest BCUT2D eigenvalue weighted by atomic mass is 9.88. The van der Waals surface area contributed by atoms with Gasteiger partial charge in [-0.1, -0.05) is 36.4 Å². The Labute approximate surface area is 217 Å². The zero-order valence-corrected chi connectivity index (χ0v) is 21.5. The van der Waals surface area contributed by atoms with Crippen LogP contribution in [0.2, 0.25) is 0 Å². The smallest absolute Gasteiger partial charge is 0.295 e. The van der Waals surface area contributed by atoms with Crippen LogP contribution in [0.1, 0.15) is 46.7 Å². The first-order valence-corrected chi connectivity index (χ1v) is 12.7. The first kappa shape index (κ1) is 24.6. The number of methoxy groups -OCH3 is 1. The highest BCUT2D eigenvalue weighted by Gasteiger charge is 2.46. The highest BCUT2D eigenvalue weighted by Crippen LogP contribution is 2.41. The van der Waals surface area contributed by atoms with Gasteiger partial charge in [-0.25, -0.2) is 0 Å². The Morgan fingerprint density at radius 3 is 2.27 bits per heavy atom. The van der Waals surface area contributed by atoms with E-state index in [9.17, 15) is 14.7 Å². The van der Waals surface area contributed by atoms with Gasteiger partial charge in [0.05, 0.1) is 18.7 Å². The van der Waals surface area contributed by atoms with Crippen molar-refractivity contribution in [2.45, 2.75) is 38.3 Å². The molecule has 1 N–H and O–H groups in total. The molecule has 1 atom stereocenters. The van der Waals surface area contributed by atoms with Crippen molar-refractivity contribution in [2.24, 2.45) is 0 Å². The van der Waals surface area contributed by atoms with Gasteiger partial charge in [-0.3, -0.25) is 9.59 Å². The Bertz CT molecular complexity index is 1360. The van der Waals surface area contributed by atoms with Crippen molar-refractivity contribution in [1.29, 1.82) is 0 Å². The summed E-state index contributed by atoms with van der Waals surface area (Å²) in [6.07, 6.45) is 4.26. The second kappa shape index (κ2) is 10.1. The molecule has 0 radical (unpaired) electrons. The van der Waals surface area contributed by atoms with Crippen molar-refractivity contribution in [1.82, 2.24) is 4.90 Å². The van der Waals surface area contributed by atoms with Crippen molar-refractivity contribution < 1.29 is 19.4 Å². The van der Waals surface area contributed by atoms with Gasteiger partial charge >= 0.3 is 0 Å². The van der Waals surface area contributed by atoms with Crippen LogP contribution in [0, 0.1) is 0 Å². The average Bonchev–Trinajstić information content (AvgIpc) is 3.17. The maximum Gasteiger partial charge on any atom is 0.295 e. The monoisotopic (exact) mass is 496 g/mol. The average molecular weight is 497 g/mol. The molecule has 0 bridgehead atoms. The predicted molar refractivity (Wildman–Crippen MR) is 145 cm³/mol. The number of hydrogen-bond acceptors (Lipinski definition) is 5. The van der Waals surface area contributed by atoms with Crippen LogP contribution >= 0.6 is 0 Å². The van der Waals surface area contributed by atoms with Gasteiger partial charge < -0.3 is 19.6 Å². The van der Waals surface area contributed by atoms with Gasteiger partial charge in [0.15, 0.2) is 0 Å². The number of hydrogen-bond donors (Lipinski definition) is 1. The van der Waals surface area contributed by atoms with Crippen molar-refractivity contribution in [3.05, 3.63) is 100 Å². The molecular formula is C31H32N2O4. The summed E-state index contributed by atoms with van der Waals surface area (Å²) in [6.45, 7) is 0.232. The summed E-state index contributed by atoms with van der Waals surface area (Å²) < 4.78 is 5.26. The third kappa shape index (κ3) is 4.71. The maximum atomic E-state index is 13.4. The number of benzene rings is 3. The molecule has 1 heterocycles. The van der Waals surface area contributed by atoms with E-state index < -0.39 is 17.7 Å². The lowest BCUT2D eigenvalue weighted by Crippen LogP contribution is -2.29. The fourth-order valence-corrected chi connectivity index (χ4v) is 5.31. The molecule has 1 saturated heterocycles. The van der Waals surface area contributed by atoms with Gasteiger partial charge in [0.25, 0.3) is 11.7 Å². The first-order valence-electron chi connectivity index (χ1n) is 12.7. The number of nitrogens with zero attached hydrogens (tertiary/aromatic N) is 2. The fourth-order valence-electron chi connectivity index (χ4n) is 5.31. The standard InChI is InChI=1S/C31H32N2O4/c1-32(2)25-14-12-22(13-15-25)28-27(29(34)24-11-10-21-6-4-5-7-23(21)18-24)30(35)31(36)33(28)19-20-8-16-26(37-3)17-9-20/h8-18,28,34H,4-7,19H2,1-3H3/b29-27-. The van der Waals surface area contributed by atoms with Gasteiger partial charge in [0, 0.05) is 31.9 Å². The molecule has 37 heavy (non-hydrogen) atoms. The van der Waals surface area contributed by atoms with E-state index in [2.05, 4.69) is 0 Å². The Balaban J connectivity index is 1.60. The molecule has 0 aromatic heterocycles. The molecule has 1 amide bonds. The summed E-state index contributed by atoms with van der Waals surface area (Å²) in [5.41, 5.74) is 5.85. The quantitative estimate of drug-likeness (QED) is 0.286. The van der Waals surface area contributed by atoms with Gasteiger partial charge in [-0.05, 0) is 78.3 Å². The summed E-state index contributed by atoms with van der Waals surface area (Å²) in [4.78, 5) is 30.3. The number of carbonyl (C=O) groups excluding carboxylic acids is 2. The SMILES string of the molecule is COc1ccc(CN2C(=O)C(=O)/C(=C(\O)c3ccc4c(c3)CCCC4)C2c2ccc(N(C)C)cc2)cc1. The van der Waals surface area contributed by atoms with Crippen molar-refractivity contribution in [2.75, 3.05) is 26.1 Å². The van der Waals surface area contributed by atoms with Crippen LogP contribution in [0.5, 0.6) is 5.75 Å². The lowest BCUT2D eigenvalue weighted by Gasteiger charge is -2.26. The molecule has 190 valence electrons. The predicted octanol–water partition coefficient (Wildman–Crippen LogP) is 5.26. The molecule has 1 aliphatic heterocycles. The molecule has 3 aromatic rings. The van der Waals surface area contributed by atoms with Gasteiger partial charge in [0.1, 0.15) is 11.5 Å². The van der Waals surface area contributed by atoms with Crippen molar-refractivity contribution >= 4 is 23.1 Å². The normalized spacial score (nSPS) is 18.6. The lowest BCUT2D eigenvalue weighted by molar-refractivity contribution is -0.140. The van der Waals surface area contributed by atoms with Crippen molar-refractivity contribution in [3.63, 3.8) is 0 Å². The Hall–Kier alpha value is -4.06. The van der Waals surface area contributed by atoms with Crippen LogP contribution in [0.25, 0.3) is 5.76 Å².